The van der Waals surface area contributed by atoms with E-state index in [1.54, 1.807) is 10.9 Å². The summed E-state index contributed by atoms with van der Waals surface area (Å²) < 4.78 is 13.9. The standard InChI is InChI=1S/C10H13N5O4.C10H13N5O3/c11-8-5-9(13-2-12-5)14-3-15(8)10-7(18)6(17)4(1-16)19-10;11-9-8-10(13-3-12-9)15(4-14-8)7-1-5(17)6(2-16)18-7/h2-4,6-7,10-11,16-18H,1H2,(H,12,13);3-7,16-17H,1-2H2,(H2,11,12,13)/t4-,6-,7+,10-;5-,6+,7+/m10/s1. The molecule has 17 nitrogen and oxygen atoms in total. The smallest absolute Gasteiger partial charge is 0.182 e. The Morgan fingerprint density at radius 2 is 1.73 bits per heavy atom. The van der Waals surface area contributed by atoms with Gasteiger partial charge in [-0.2, -0.15) is 0 Å². The minimum absolute atomic E-state index is 0.0253. The number of ether oxygens (including phenoxy) is 2. The number of nitrogen functional groups attached to an aromatic ring is 1. The van der Waals surface area contributed by atoms with E-state index in [0.29, 0.717) is 34.6 Å². The molecule has 9 N–H and O–H groups in total. The van der Waals surface area contributed by atoms with Gasteiger partial charge in [-0.3, -0.25) is 14.5 Å². The molecule has 198 valence electrons. The van der Waals surface area contributed by atoms with Crippen LogP contribution in [0, 0.1) is 5.41 Å². The lowest BCUT2D eigenvalue weighted by atomic mass is 10.1. The predicted octanol–water partition coefficient (Wildman–Crippen LogP) is -3.10. The van der Waals surface area contributed by atoms with Crippen molar-refractivity contribution in [2.75, 3.05) is 18.9 Å². The molecule has 4 aromatic heterocycles. The second kappa shape index (κ2) is 10.1. The van der Waals surface area contributed by atoms with Crippen molar-refractivity contribution in [3.8, 4) is 0 Å². The molecule has 6 heterocycles. The first-order valence-electron chi connectivity index (χ1n) is 11.3. The lowest BCUT2D eigenvalue weighted by Gasteiger charge is -2.17. The summed E-state index contributed by atoms with van der Waals surface area (Å²) in [6, 6.07) is 0. The normalized spacial score (nSPS) is 29.6. The lowest BCUT2D eigenvalue weighted by molar-refractivity contribution is -0.0551. The van der Waals surface area contributed by atoms with Gasteiger partial charge in [0, 0.05) is 6.42 Å². The van der Waals surface area contributed by atoms with Crippen molar-refractivity contribution in [1.29, 1.82) is 5.41 Å². The monoisotopic (exact) mass is 518 g/mol. The molecule has 6 rings (SSSR count). The summed E-state index contributed by atoms with van der Waals surface area (Å²) in [5.41, 5.74) is 7.56. The number of aromatic amines is 1. The molecule has 0 amide bonds. The summed E-state index contributed by atoms with van der Waals surface area (Å²) in [5, 5.41) is 55.4. The number of anilines is 1. The average Bonchev–Trinajstić information content (AvgIpc) is 3.67. The topological polar surface area (TPSA) is 260 Å². The Morgan fingerprint density at radius 1 is 0.973 bits per heavy atom. The van der Waals surface area contributed by atoms with Crippen LogP contribution in [0.3, 0.4) is 0 Å². The lowest BCUT2D eigenvalue weighted by Crippen LogP contribution is -2.35. The van der Waals surface area contributed by atoms with E-state index < -0.39 is 49.6 Å². The highest BCUT2D eigenvalue weighted by Gasteiger charge is 2.43. The molecule has 0 aliphatic carbocycles. The highest BCUT2D eigenvalue weighted by molar-refractivity contribution is 5.81. The van der Waals surface area contributed by atoms with Crippen LogP contribution in [-0.2, 0) is 9.47 Å². The quantitative estimate of drug-likeness (QED) is 0.133. The summed E-state index contributed by atoms with van der Waals surface area (Å²) in [6.07, 6.45) is 0.0123. The average molecular weight is 518 g/mol. The van der Waals surface area contributed by atoms with E-state index in [4.69, 9.17) is 30.8 Å². The third-order valence-corrected chi connectivity index (χ3v) is 6.29. The largest absolute Gasteiger partial charge is 0.394 e. The van der Waals surface area contributed by atoms with Crippen LogP contribution in [0.1, 0.15) is 18.9 Å². The number of nitrogens with two attached hydrogens (primary N) is 1. The Morgan fingerprint density at radius 3 is 2.43 bits per heavy atom. The van der Waals surface area contributed by atoms with Crippen molar-refractivity contribution in [3.63, 3.8) is 0 Å². The Kier molecular flexibility index (Phi) is 6.82. The second-order valence-corrected chi connectivity index (χ2v) is 8.53. The molecular weight excluding hydrogens is 492 g/mol. The van der Waals surface area contributed by atoms with Gasteiger partial charge < -0.3 is 45.7 Å². The first kappa shape index (κ1) is 25.1. The molecule has 0 aromatic carbocycles. The molecule has 2 aliphatic heterocycles. The zero-order chi connectivity index (χ0) is 26.3. The first-order valence-corrected chi connectivity index (χ1v) is 11.3. The maximum absolute atomic E-state index is 9.92. The number of hydrogen-bond donors (Lipinski definition) is 8. The maximum Gasteiger partial charge on any atom is 0.182 e. The third kappa shape index (κ3) is 4.42. The van der Waals surface area contributed by atoms with Crippen LogP contribution in [0.2, 0.25) is 0 Å². The zero-order valence-corrected chi connectivity index (χ0v) is 19.2. The highest BCUT2D eigenvalue weighted by atomic mass is 16.6. The van der Waals surface area contributed by atoms with Gasteiger partial charge in [-0.25, -0.2) is 24.9 Å². The van der Waals surface area contributed by atoms with E-state index in [0.717, 1.165) is 0 Å². The number of rotatable bonds is 4. The number of fused-ring (bicyclic) bond motifs is 2. The number of H-pyrrole nitrogens is 1. The van der Waals surface area contributed by atoms with E-state index in [1.165, 1.54) is 23.5 Å². The number of hydrogen-bond acceptors (Lipinski definition) is 14. The fourth-order valence-corrected chi connectivity index (χ4v) is 4.30. The van der Waals surface area contributed by atoms with E-state index in [1.807, 2.05) is 0 Å². The van der Waals surface area contributed by atoms with Gasteiger partial charge in [0.05, 0.1) is 32.0 Å². The van der Waals surface area contributed by atoms with Crippen LogP contribution in [-0.4, -0.2) is 108 Å². The van der Waals surface area contributed by atoms with Crippen molar-refractivity contribution in [2.24, 2.45) is 0 Å². The molecule has 17 heteroatoms. The molecule has 2 fully saturated rings. The van der Waals surface area contributed by atoms with E-state index in [9.17, 15) is 15.3 Å². The van der Waals surface area contributed by atoms with Crippen molar-refractivity contribution >= 4 is 28.1 Å². The fraction of sp³-hybridized carbons (Fsp3) is 0.500. The number of nitrogens with zero attached hydrogens (tertiary/aromatic N) is 7. The van der Waals surface area contributed by atoms with E-state index in [2.05, 4.69) is 29.9 Å². The van der Waals surface area contributed by atoms with Crippen molar-refractivity contribution in [2.45, 2.75) is 49.4 Å². The SMILES string of the molecule is N=c1c2[nH]cnc2ncn1[C@@H]1O[C@H](CO)[C@@H](O)[C@@H]1O.Nc1ncnc2c1ncn2[C@H]1C[C@H](O)[C@@H](CO)O1. The number of aliphatic hydroxyl groups is 5. The Hall–Kier alpha value is -3.58. The van der Waals surface area contributed by atoms with E-state index in [-0.39, 0.29) is 12.1 Å². The predicted molar refractivity (Wildman–Crippen MR) is 122 cm³/mol. The molecular formula is C20H26N10O7. The van der Waals surface area contributed by atoms with Crippen molar-refractivity contribution in [3.05, 3.63) is 30.8 Å². The second-order valence-electron chi connectivity index (χ2n) is 8.53. The van der Waals surface area contributed by atoms with Gasteiger partial charge in [0.25, 0.3) is 0 Å². The van der Waals surface area contributed by atoms with Gasteiger partial charge in [0.15, 0.2) is 28.8 Å². The van der Waals surface area contributed by atoms with Gasteiger partial charge in [0.1, 0.15) is 54.3 Å². The molecule has 4 aromatic rings. The van der Waals surface area contributed by atoms with Crippen molar-refractivity contribution in [1.82, 2.24) is 39.0 Å². The van der Waals surface area contributed by atoms with Crippen molar-refractivity contribution < 1.29 is 35.0 Å². The summed E-state index contributed by atoms with van der Waals surface area (Å²) in [4.78, 5) is 22.8. The van der Waals surface area contributed by atoms with Gasteiger partial charge >= 0.3 is 0 Å². The molecule has 7 atom stereocenters. The van der Waals surface area contributed by atoms with Gasteiger partial charge in [-0.1, -0.05) is 0 Å². The zero-order valence-electron chi connectivity index (χ0n) is 19.2. The van der Waals surface area contributed by atoms with Crippen LogP contribution < -0.4 is 11.2 Å². The molecule has 0 radical (unpaired) electrons. The Balaban J connectivity index is 0.000000152. The van der Waals surface area contributed by atoms with Crippen LogP contribution in [0.25, 0.3) is 22.3 Å². The molecule has 0 spiro atoms. The molecule has 0 unspecified atom stereocenters. The number of aliphatic hydroxyl groups excluding tert-OH is 5. The molecule has 0 bridgehead atoms. The minimum atomic E-state index is -1.24. The van der Waals surface area contributed by atoms with Crippen LogP contribution in [0.4, 0.5) is 5.82 Å². The van der Waals surface area contributed by atoms with Crippen LogP contribution >= 0.6 is 0 Å². The first-order chi connectivity index (χ1) is 17.8. The Labute approximate surface area is 207 Å². The van der Waals surface area contributed by atoms with Crippen LogP contribution in [0.5, 0.6) is 0 Å². The summed E-state index contributed by atoms with van der Waals surface area (Å²) >= 11 is 0. The number of imidazole rings is 2. The maximum atomic E-state index is 9.92. The molecule has 37 heavy (non-hydrogen) atoms. The highest BCUT2D eigenvalue weighted by Crippen LogP contribution is 2.31. The summed E-state index contributed by atoms with van der Waals surface area (Å²) in [6.45, 7) is -0.635. The Bertz CT molecular complexity index is 1440. The molecule has 2 aliphatic rings. The van der Waals surface area contributed by atoms with Crippen LogP contribution in [0.15, 0.2) is 25.3 Å². The third-order valence-electron chi connectivity index (χ3n) is 6.29. The number of nitrogens with one attached hydrogen (secondary N) is 2. The van der Waals surface area contributed by atoms with Gasteiger partial charge in [-0.05, 0) is 0 Å². The summed E-state index contributed by atoms with van der Waals surface area (Å²) in [7, 11) is 0. The molecule has 0 saturated carbocycles. The minimum Gasteiger partial charge on any atom is -0.394 e. The summed E-state index contributed by atoms with van der Waals surface area (Å²) in [5.74, 6) is 0.302. The number of aromatic nitrogens is 8. The van der Waals surface area contributed by atoms with Gasteiger partial charge in [0.2, 0.25) is 0 Å². The fourth-order valence-electron chi connectivity index (χ4n) is 4.30. The molecule has 2 saturated heterocycles. The van der Waals surface area contributed by atoms with Gasteiger partial charge in [-0.15, -0.1) is 0 Å². The van der Waals surface area contributed by atoms with E-state index >= 15 is 0 Å².